The smallest absolute Gasteiger partial charge is 0.265 e. The Bertz CT molecular complexity index is 1380. The minimum Gasteiger partial charge on any atom is -0.265 e. The number of anilines is 1. The van der Waals surface area contributed by atoms with Gasteiger partial charge in [0, 0.05) is 27.6 Å². The van der Waals surface area contributed by atoms with Crippen molar-refractivity contribution in [3.05, 3.63) is 98.1 Å². The van der Waals surface area contributed by atoms with Crippen LogP contribution in [0.3, 0.4) is 0 Å². The molecule has 1 aliphatic carbocycles. The highest BCUT2D eigenvalue weighted by Gasteiger charge is 2.33. The van der Waals surface area contributed by atoms with Crippen LogP contribution < -0.4 is 10.9 Å². The van der Waals surface area contributed by atoms with Gasteiger partial charge in [0.25, 0.3) is 5.91 Å². The van der Waals surface area contributed by atoms with Crippen molar-refractivity contribution in [1.29, 1.82) is 0 Å². The number of nitrogens with two attached hydrogens (primary N) is 1. The molecule has 0 saturated heterocycles. The minimum atomic E-state index is -0.420. The van der Waals surface area contributed by atoms with Crippen molar-refractivity contribution in [3.8, 4) is 16.9 Å². The SMILES string of the molecule is Cc1ccc2c(c1)Cc1c(C(=O)N(N)c3ccc(Cl)cc3)nn(-c3ccc(Cl)cc3Cl)c1-2. The number of amides is 1. The second-order valence-corrected chi connectivity index (χ2v) is 8.95. The zero-order valence-corrected chi connectivity index (χ0v) is 19.2. The zero-order valence-electron chi connectivity index (χ0n) is 16.9. The number of halogens is 3. The molecule has 5 rings (SSSR count). The molecule has 1 heterocycles. The van der Waals surface area contributed by atoms with Crippen LogP contribution in [0.5, 0.6) is 0 Å². The normalized spacial score (nSPS) is 11.9. The lowest BCUT2D eigenvalue weighted by Crippen LogP contribution is -2.38. The van der Waals surface area contributed by atoms with Crippen LogP contribution in [0.25, 0.3) is 16.9 Å². The fraction of sp³-hybridized carbons (Fsp3) is 0.0833. The van der Waals surface area contributed by atoms with Gasteiger partial charge >= 0.3 is 0 Å². The first kappa shape index (κ1) is 21.0. The van der Waals surface area contributed by atoms with Gasteiger partial charge in [0.15, 0.2) is 5.69 Å². The molecule has 3 aromatic carbocycles. The average molecular weight is 484 g/mol. The van der Waals surface area contributed by atoms with Gasteiger partial charge in [-0.05, 0) is 55.0 Å². The standard InChI is InChI=1S/C24H17Cl3N4O/c1-13-2-8-18-14(10-13)11-19-22(24(32)30(28)17-6-3-15(25)4-7-17)29-31(23(18)19)21-9-5-16(26)12-20(21)27/h2-10,12H,11,28H2,1H3. The quantitative estimate of drug-likeness (QED) is 0.188. The molecule has 0 radical (unpaired) electrons. The Kier molecular flexibility index (Phi) is 5.22. The molecule has 0 atom stereocenters. The predicted molar refractivity (Wildman–Crippen MR) is 129 cm³/mol. The largest absolute Gasteiger partial charge is 0.293 e. The molecule has 5 nitrogen and oxygen atoms in total. The van der Waals surface area contributed by atoms with E-state index in [2.05, 4.69) is 11.2 Å². The number of carbonyl (C=O) groups is 1. The van der Waals surface area contributed by atoms with E-state index in [0.29, 0.717) is 32.9 Å². The van der Waals surface area contributed by atoms with Gasteiger partial charge in [-0.1, -0.05) is 58.6 Å². The van der Waals surface area contributed by atoms with Gasteiger partial charge in [-0.3, -0.25) is 4.79 Å². The lowest BCUT2D eigenvalue weighted by atomic mass is 10.1. The van der Waals surface area contributed by atoms with Gasteiger partial charge in [0.2, 0.25) is 0 Å². The maximum absolute atomic E-state index is 13.4. The number of fused-ring (bicyclic) bond motifs is 3. The van der Waals surface area contributed by atoms with Crippen LogP contribution in [0.2, 0.25) is 15.1 Å². The molecule has 2 N–H and O–H groups in total. The maximum Gasteiger partial charge on any atom is 0.293 e. The number of aromatic nitrogens is 2. The second kappa shape index (κ2) is 7.94. The molecular formula is C24H17Cl3N4O. The number of benzene rings is 3. The molecule has 0 unspecified atom stereocenters. The summed E-state index contributed by atoms with van der Waals surface area (Å²) < 4.78 is 1.71. The summed E-state index contributed by atoms with van der Waals surface area (Å²) in [5.41, 5.74) is 6.35. The molecule has 4 aromatic rings. The van der Waals surface area contributed by atoms with Crippen molar-refractivity contribution in [3.63, 3.8) is 0 Å². The number of hydrogen-bond acceptors (Lipinski definition) is 3. The van der Waals surface area contributed by atoms with Crippen LogP contribution in [0.4, 0.5) is 5.69 Å². The highest BCUT2D eigenvalue weighted by atomic mass is 35.5. The molecule has 1 aromatic heterocycles. The summed E-state index contributed by atoms with van der Waals surface area (Å²) in [5, 5.41) is 7.27. The molecule has 32 heavy (non-hydrogen) atoms. The number of nitrogens with zero attached hydrogens (tertiary/aromatic N) is 3. The summed E-state index contributed by atoms with van der Waals surface area (Å²) in [6.45, 7) is 2.04. The molecule has 0 aliphatic heterocycles. The Morgan fingerprint density at radius 3 is 2.44 bits per heavy atom. The molecule has 0 fully saturated rings. The highest BCUT2D eigenvalue weighted by molar-refractivity contribution is 6.35. The Labute approximate surface area is 199 Å². The van der Waals surface area contributed by atoms with Crippen molar-refractivity contribution in [2.24, 2.45) is 5.84 Å². The van der Waals surface area contributed by atoms with E-state index in [9.17, 15) is 4.79 Å². The second-order valence-electron chi connectivity index (χ2n) is 7.67. The monoisotopic (exact) mass is 482 g/mol. The molecule has 0 spiro atoms. The average Bonchev–Trinajstić information content (AvgIpc) is 3.30. The molecule has 1 amide bonds. The molecule has 1 aliphatic rings. The number of carbonyl (C=O) groups excluding carboxylic acids is 1. The summed E-state index contributed by atoms with van der Waals surface area (Å²) >= 11 is 18.6. The van der Waals surface area contributed by atoms with Crippen molar-refractivity contribution in [1.82, 2.24) is 9.78 Å². The van der Waals surface area contributed by atoms with Crippen molar-refractivity contribution in [2.45, 2.75) is 13.3 Å². The van der Waals surface area contributed by atoms with Crippen LogP contribution in [-0.4, -0.2) is 15.7 Å². The Morgan fingerprint density at radius 1 is 1.00 bits per heavy atom. The van der Waals surface area contributed by atoms with E-state index < -0.39 is 5.91 Å². The van der Waals surface area contributed by atoms with Crippen molar-refractivity contribution >= 4 is 46.4 Å². The number of rotatable bonds is 3. The van der Waals surface area contributed by atoms with Crippen molar-refractivity contribution in [2.75, 3.05) is 5.01 Å². The van der Waals surface area contributed by atoms with E-state index >= 15 is 0 Å². The van der Waals surface area contributed by atoms with Gasteiger partial charge in [0.05, 0.1) is 22.1 Å². The number of aryl methyl sites for hydroxylation is 1. The van der Waals surface area contributed by atoms with Gasteiger partial charge in [-0.25, -0.2) is 15.5 Å². The maximum atomic E-state index is 13.4. The van der Waals surface area contributed by atoms with Crippen LogP contribution in [0, 0.1) is 6.92 Å². The van der Waals surface area contributed by atoms with Crippen LogP contribution in [0.1, 0.15) is 27.2 Å². The van der Waals surface area contributed by atoms with Crippen molar-refractivity contribution < 1.29 is 4.79 Å². The van der Waals surface area contributed by atoms with Crippen LogP contribution in [-0.2, 0) is 6.42 Å². The summed E-state index contributed by atoms with van der Waals surface area (Å²) in [4.78, 5) is 13.4. The molecule has 8 heteroatoms. The van der Waals surface area contributed by atoms with E-state index in [0.717, 1.165) is 33.0 Å². The molecular weight excluding hydrogens is 467 g/mol. The van der Waals surface area contributed by atoms with E-state index in [-0.39, 0.29) is 5.69 Å². The van der Waals surface area contributed by atoms with Gasteiger partial charge in [0.1, 0.15) is 0 Å². The van der Waals surface area contributed by atoms with Gasteiger partial charge in [-0.2, -0.15) is 5.10 Å². The zero-order chi connectivity index (χ0) is 22.6. The first-order chi connectivity index (χ1) is 15.3. The topological polar surface area (TPSA) is 64.2 Å². The lowest BCUT2D eigenvalue weighted by Gasteiger charge is -2.16. The fourth-order valence-corrected chi connectivity index (χ4v) is 4.63. The molecule has 160 valence electrons. The van der Waals surface area contributed by atoms with Crippen LogP contribution in [0.15, 0.2) is 60.7 Å². The highest BCUT2D eigenvalue weighted by Crippen LogP contribution is 2.41. The number of hydrazine groups is 1. The van der Waals surface area contributed by atoms with Gasteiger partial charge in [-0.15, -0.1) is 0 Å². The lowest BCUT2D eigenvalue weighted by molar-refractivity contribution is 0.0981. The van der Waals surface area contributed by atoms with E-state index in [1.807, 2.05) is 19.1 Å². The molecule has 0 bridgehead atoms. The van der Waals surface area contributed by atoms with E-state index in [4.69, 9.17) is 40.6 Å². The summed E-state index contributed by atoms with van der Waals surface area (Å²) in [7, 11) is 0. The Morgan fingerprint density at radius 2 is 1.72 bits per heavy atom. The third kappa shape index (κ3) is 3.48. The summed E-state index contributed by atoms with van der Waals surface area (Å²) in [6, 6.07) is 18.1. The first-order valence-corrected chi connectivity index (χ1v) is 11.0. The summed E-state index contributed by atoms with van der Waals surface area (Å²) in [5.74, 6) is 5.77. The van der Waals surface area contributed by atoms with Crippen LogP contribution >= 0.6 is 34.8 Å². The summed E-state index contributed by atoms with van der Waals surface area (Å²) in [6.07, 6.45) is 0.576. The Hall–Kier alpha value is -2.83. The number of hydrogen-bond donors (Lipinski definition) is 1. The first-order valence-electron chi connectivity index (χ1n) is 9.85. The van der Waals surface area contributed by atoms with Gasteiger partial charge < -0.3 is 0 Å². The Balaban J connectivity index is 1.68. The third-order valence-corrected chi connectivity index (χ3v) is 6.32. The van der Waals surface area contributed by atoms with E-state index in [1.54, 1.807) is 47.1 Å². The third-order valence-electron chi connectivity index (χ3n) is 5.53. The predicted octanol–water partition coefficient (Wildman–Crippen LogP) is 6.23. The minimum absolute atomic E-state index is 0.275. The van der Waals surface area contributed by atoms with E-state index in [1.165, 1.54) is 0 Å². The fourth-order valence-electron chi connectivity index (χ4n) is 4.02. The molecule has 0 saturated carbocycles.